The highest BCUT2D eigenvalue weighted by atomic mass is 16.5. The number of aromatic nitrogens is 3. The summed E-state index contributed by atoms with van der Waals surface area (Å²) in [6.45, 7) is 4.08. The van der Waals surface area contributed by atoms with Gasteiger partial charge in [0, 0.05) is 23.2 Å². The van der Waals surface area contributed by atoms with Gasteiger partial charge in [-0.15, -0.1) is 0 Å². The Morgan fingerprint density at radius 3 is 3.00 bits per heavy atom. The Labute approximate surface area is 169 Å². The number of hydrogen-bond donors (Lipinski definition) is 1. The van der Waals surface area contributed by atoms with Crippen molar-refractivity contribution >= 4 is 18.6 Å². The molecule has 0 aliphatic carbocycles. The van der Waals surface area contributed by atoms with Crippen molar-refractivity contribution in [3.05, 3.63) is 36.0 Å². The van der Waals surface area contributed by atoms with Crippen molar-refractivity contribution in [1.82, 2.24) is 14.6 Å². The van der Waals surface area contributed by atoms with E-state index >= 15 is 0 Å². The number of methoxy groups -OCH3 is 1. The molecule has 0 spiro atoms. The van der Waals surface area contributed by atoms with Crippen LogP contribution in [0.4, 0.5) is 0 Å². The van der Waals surface area contributed by atoms with Crippen LogP contribution in [0.25, 0.3) is 16.8 Å². The number of hydrogen-bond acceptors (Lipinski definition) is 7. The molecule has 0 bridgehead atoms. The van der Waals surface area contributed by atoms with Crippen molar-refractivity contribution in [1.29, 1.82) is 5.26 Å². The topological polar surface area (TPSA) is 109 Å². The van der Waals surface area contributed by atoms with Gasteiger partial charge in [-0.1, -0.05) is 38.1 Å². The molecular weight excluding hydrogens is 369 g/mol. The number of ether oxygens (including phenoxy) is 1. The van der Waals surface area contributed by atoms with E-state index in [-0.39, 0.29) is 12.6 Å². The molecule has 9 heteroatoms. The number of nitrogens with zero attached hydrogens (tertiary/aromatic N) is 5. The molecule has 150 valence electrons. The second-order valence-corrected chi connectivity index (χ2v) is 6.69. The lowest BCUT2D eigenvalue weighted by molar-refractivity contribution is 0.320. The van der Waals surface area contributed by atoms with Crippen LogP contribution >= 0.6 is 0 Å². The average Bonchev–Trinajstić information content (AvgIpc) is 3.41. The fourth-order valence-electron chi connectivity index (χ4n) is 3.71. The van der Waals surface area contributed by atoms with E-state index in [1.807, 2.05) is 19.9 Å². The lowest BCUT2D eigenvalue weighted by Crippen LogP contribution is -2.21. The fourth-order valence-corrected chi connectivity index (χ4v) is 3.71. The van der Waals surface area contributed by atoms with Crippen molar-refractivity contribution in [2.75, 3.05) is 7.11 Å². The van der Waals surface area contributed by atoms with E-state index in [4.69, 9.17) is 19.3 Å². The standard InChI is InChI=1S/C18H18BN5O3.C2H6/c1-26-17-6-16(12-3-2-4-19(7-12)11-20)23-18-15(9-21-24(17)18)13-5-14(8-22-25)27-10-13;1-2/h5-6,8-10,12,25H,2-4,7H2,1H3;1-2H3/b22-8-;. The molecule has 1 N–H and O–H groups in total. The number of fused-ring (bicyclic) bond motifs is 1. The van der Waals surface area contributed by atoms with E-state index in [1.54, 1.807) is 30.2 Å². The van der Waals surface area contributed by atoms with Gasteiger partial charge in [-0.25, -0.2) is 10.2 Å². The van der Waals surface area contributed by atoms with Crippen LogP contribution in [0.1, 0.15) is 44.1 Å². The molecule has 1 unspecified atom stereocenters. The highest BCUT2D eigenvalue weighted by molar-refractivity contribution is 6.67. The smallest absolute Gasteiger partial charge is 0.268 e. The predicted octanol–water partition coefficient (Wildman–Crippen LogP) is 4.27. The Morgan fingerprint density at radius 2 is 2.28 bits per heavy atom. The van der Waals surface area contributed by atoms with Crippen molar-refractivity contribution in [3.8, 4) is 23.0 Å². The van der Waals surface area contributed by atoms with Crippen LogP contribution < -0.4 is 4.74 Å². The molecule has 0 saturated carbocycles. The van der Waals surface area contributed by atoms with Crippen molar-refractivity contribution in [2.24, 2.45) is 5.16 Å². The van der Waals surface area contributed by atoms with Crippen LogP contribution in [0.15, 0.2) is 34.2 Å². The van der Waals surface area contributed by atoms with Crippen LogP contribution in [0, 0.1) is 11.2 Å². The molecule has 1 aliphatic heterocycles. The van der Waals surface area contributed by atoms with E-state index in [2.05, 4.69) is 16.2 Å². The number of rotatable bonds is 4. The molecule has 3 aromatic rings. The third kappa shape index (κ3) is 4.11. The second kappa shape index (κ2) is 9.28. The minimum absolute atomic E-state index is 0.0753. The summed E-state index contributed by atoms with van der Waals surface area (Å²) in [5.41, 5.74) is 3.16. The Morgan fingerprint density at radius 1 is 1.45 bits per heavy atom. The maximum absolute atomic E-state index is 9.29. The molecule has 8 nitrogen and oxygen atoms in total. The number of oxime groups is 1. The Kier molecular flexibility index (Phi) is 6.55. The van der Waals surface area contributed by atoms with E-state index < -0.39 is 0 Å². The zero-order chi connectivity index (χ0) is 20.8. The first-order valence-electron chi connectivity index (χ1n) is 9.82. The van der Waals surface area contributed by atoms with E-state index in [9.17, 15) is 5.26 Å². The van der Waals surface area contributed by atoms with Gasteiger partial charge in [0.15, 0.2) is 5.65 Å². The maximum atomic E-state index is 9.29. The second-order valence-electron chi connectivity index (χ2n) is 6.69. The maximum Gasteiger partial charge on any atom is 0.268 e. The molecule has 0 aromatic carbocycles. The Balaban J connectivity index is 0.00000117. The third-order valence-corrected chi connectivity index (χ3v) is 5.06. The Hall–Kier alpha value is -3.28. The molecule has 1 atom stereocenters. The Bertz CT molecular complexity index is 1040. The monoisotopic (exact) mass is 393 g/mol. The van der Waals surface area contributed by atoms with Crippen molar-refractivity contribution in [3.63, 3.8) is 0 Å². The molecule has 29 heavy (non-hydrogen) atoms. The minimum atomic E-state index is 0.0753. The SMILES string of the molecule is CC.COc1cc(C2CCCB(C#N)C2)nc2c(-c3coc(/C=N\O)c3)cnn12. The highest BCUT2D eigenvalue weighted by Crippen LogP contribution is 2.35. The summed E-state index contributed by atoms with van der Waals surface area (Å²) >= 11 is 0. The average molecular weight is 393 g/mol. The summed E-state index contributed by atoms with van der Waals surface area (Å²) in [7, 11) is 1.60. The largest absolute Gasteiger partial charge is 0.481 e. The quantitative estimate of drug-likeness (QED) is 0.307. The predicted molar refractivity (Wildman–Crippen MR) is 111 cm³/mol. The van der Waals surface area contributed by atoms with Crippen molar-refractivity contribution < 1.29 is 14.4 Å². The molecule has 0 radical (unpaired) electrons. The van der Waals surface area contributed by atoms with Gasteiger partial charge >= 0.3 is 0 Å². The van der Waals surface area contributed by atoms with Crippen LogP contribution in [0.5, 0.6) is 5.88 Å². The van der Waals surface area contributed by atoms with Gasteiger partial charge in [0.05, 0.1) is 25.3 Å². The summed E-state index contributed by atoms with van der Waals surface area (Å²) in [6.07, 6.45) is 8.30. The highest BCUT2D eigenvalue weighted by Gasteiger charge is 2.28. The molecule has 1 fully saturated rings. The molecule has 0 amide bonds. The lowest BCUT2D eigenvalue weighted by atomic mass is 9.41. The third-order valence-electron chi connectivity index (χ3n) is 5.06. The summed E-state index contributed by atoms with van der Waals surface area (Å²) in [5.74, 6) is 3.65. The summed E-state index contributed by atoms with van der Waals surface area (Å²) in [5, 5.41) is 25.3. The van der Waals surface area contributed by atoms with Crippen LogP contribution in [0.2, 0.25) is 12.6 Å². The minimum Gasteiger partial charge on any atom is -0.481 e. The lowest BCUT2D eigenvalue weighted by Gasteiger charge is -2.23. The van der Waals surface area contributed by atoms with Crippen molar-refractivity contribution in [2.45, 2.75) is 45.2 Å². The summed E-state index contributed by atoms with van der Waals surface area (Å²) in [6, 6.07) is 3.66. The van der Waals surface area contributed by atoms with Gasteiger partial charge in [0.2, 0.25) is 5.88 Å². The number of furan rings is 1. The molecule has 1 aliphatic rings. The van der Waals surface area contributed by atoms with Gasteiger partial charge in [-0.2, -0.15) is 9.61 Å². The molecular formula is C20H24BN5O3. The van der Waals surface area contributed by atoms with Gasteiger partial charge in [0.1, 0.15) is 12.0 Å². The first-order chi connectivity index (χ1) is 14.2. The van der Waals surface area contributed by atoms with Gasteiger partial charge in [-0.3, -0.25) is 0 Å². The van der Waals surface area contributed by atoms with Crippen LogP contribution in [-0.2, 0) is 0 Å². The molecule has 4 heterocycles. The van der Waals surface area contributed by atoms with Gasteiger partial charge < -0.3 is 14.4 Å². The van der Waals surface area contributed by atoms with E-state index in [0.29, 0.717) is 17.3 Å². The normalized spacial score (nSPS) is 16.5. The zero-order valence-electron chi connectivity index (χ0n) is 16.9. The molecule has 4 rings (SSSR count). The fraction of sp³-hybridized carbons (Fsp3) is 0.400. The summed E-state index contributed by atoms with van der Waals surface area (Å²) in [4.78, 5) is 4.85. The van der Waals surface area contributed by atoms with E-state index in [0.717, 1.165) is 42.3 Å². The number of nitriles is 1. The van der Waals surface area contributed by atoms with Gasteiger partial charge in [0.25, 0.3) is 6.71 Å². The summed E-state index contributed by atoms with van der Waals surface area (Å²) < 4.78 is 12.5. The van der Waals surface area contributed by atoms with Crippen LogP contribution in [-0.4, -0.2) is 39.8 Å². The van der Waals surface area contributed by atoms with E-state index in [1.165, 1.54) is 6.21 Å². The van der Waals surface area contributed by atoms with Gasteiger partial charge in [-0.05, 0) is 18.4 Å². The molecule has 3 aromatic heterocycles. The molecule has 1 saturated heterocycles. The zero-order valence-corrected chi connectivity index (χ0v) is 16.9. The van der Waals surface area contributed by atoms with Crippen LogP contribution in [0.3, 0.4) is 0 Å². The first-order valence-corrected chi connectivity index (χ1v) is 9.82. The first kappa shape index (κ1) is 20.5.